The quantitative estimate of drug-likeness (QED) is 0.780. The van der Waals surface area contributed by atoms with Crippen molar-refractivity contribution >= 4 is 24.4 Å². The summed E-state index contributed by atoms with van der Waals surface area (Å²) in [5.41, 5.74) is 1.48. The van der Waals surface area contributed by atoms with E-state index in [1.807, 2.05) is 41.4 Å². The number of amides is 1. The highest BCUT2D eigenvalue weighted by molar-refractivity contribution is 5.82. The van der Waals surface area contributed by atoms with Crippen LogP contribution in [0.3, 0.4) is 0 Å². The van der Waals surface area contributed by atoms with Crippen molar-refractivity contribution < 1.29 is 9.59 Å². The molecule has 1 fully saturated rings. The van der Waals surface area contributed by atoms with E-state index in [-0.39, 0.29) is 17.9 Å². The van der Waals surface area contributed by atoms with Crippen LogP contribution in [0.5, 0.6) is 0 Å². The molecule has 27 heavy (non-hydrogen) atoms. The number of aldehydes is 1. The molecule has 1 saturated heterocycles. The van der Waals surface area contributed by atoms with E-state index in [1.54, 1.807) is 17.3 Å². The number of piperidine rings is 1. The molecule has 1 amide bonds. The van der Waals surface area contributed by atoms with E-state index < -0.39 is 0 Å². The minimum absolute atomic E-state index is 0.00987. The van der Waals surface area contributed by atoms with Crippen molar-refractivity contribution in [2.24, 2.45) is 11.0 Å². The van der Waals surface area contributed by atoms with E-state index in [0.717, 1.165) is 31.1 Å². The average Bonchev–Trinajstić information content (AvgIpc) is 3.24. The fourth-order valence-electron chi connectivity index (χ4n) is 3.67. The van der Waals surface area contributed by atoms with E-state index in [2.05, 4.69) is 15.1 Å². The number of benzene rings is 1. The average molecular weight is 363 g/mol. The summed E-state index contributed by atoms with van der Waals surface area (Å²) < 4.78 is 0. The van der Waals surface area contributed by atoms with Crippen LogP contribution in [0.4, 0.5) is 5.95 Å². The van der Waals surface area contributed by atoms with Crippen molar-refractivity contribution in [2.45, 2.75) is 25.3 Å². The molecule has 0 radical (unpaired) electrons. The summed E-state index contributed by atoms with van der Waals surface area (Å²) in [7, 11) is 0. The molecule has 7 heteroatoms. The molecule has 2 aliphatic heterocycles. The van der Waals surface area contributed by atoms with Gasteiger partial charge in [-0.05, 0) is 24.5 Å². The number of rotatable bonds is 4. The molecular formula is C20H21N5O2. The van der Waals surface area contributed by atoms with Crippen LogP contribution in [0.25, 0.3) is 0 Å². The molecule has 0 unspecified atom stereocenters. The van der Waals surface area contributed by atoms with E-state index in [0.29, 0.717) is 24.7 Å². The Balaban J connectivity index is 1.41. The van der Waals surface area contributed by atoms with Crippen molar-refractivity contribution in [3.63, 3.8) is 0 Å². The molecule has 1 aromatic carbocycles. The minimum Gasteiger partial charge on any atom is -0.341 e. The van der Waals surface area contributed by atoms with Gasteiger partial charge in [-0.3, -0.25) is 9.59 Å². The Hall–Kier alpha value is -3.09. The molecule has 3 heterocycles. The maximum atomic E-state index is 13.0. The third-order valence-electron chi connectivity index (χ3n) is 5.15. The SMILES string of the molecule is O=Cc1ccnc(N2CCC(C(=O)N3N=CC[C@H]3c3ccccc3)CC2)n1. The van der Waals surface area contributed by atoms with Crippen LogP contribution in [0.2, 0.25) is 0 Å². The van der Waals surface area contributed by atoms with Gasteiger partial charge in [0.05, 0.1) is 6.04 Å². The number of carbonyl (C=O) groups excluding carboxylic acids is 2. The van der Waals surface area contributed by atoms with Crippen LogP contribution < -0.4 is 4.90 Å². The number of hydrogen-bond donors (Lipinski definition) is 0. The number of nitrogens with zero attached hydrogens (tertiary/aromatic N) is 5. The van der Waals surface area contributed by atoms with Gasteiger partial charge in [0.2, 0.25) is 11.9 Å². The Labute approximate surface area is 157 Å². The molecule has 2 aromatic rings. The second-order valence-electron chi connectivity index (χ2n) is 6.80. The van der Waals surface area contributed by atoms with Gasteiger partial charge in [0, 0.05) is 37.8 Å². The zero-order valence-corrected chi connectivity index (χ0v) is 14.9. The standard InChI is InChI=1S/C20H21N5O2/c26-14-17-6-10-21-20(23-17)24-12-8-16(9-13-24)19(27)25-18(7-11-22-25)15-4-2-1-3-5-15/h1-6,10-11,14,16,18H,7-9,12-13H2/t18-/m0/s1. The van der Waals surface area contributed by atoms with Gasteiger partial charge in [0.25, 0.3) is 0 Å². The Morgan fingerprint density at radius 2 is 1.89 bits per heavy atom. The predicted molar refractivity (Wildman–Crippen MR) is 101 cm³/mol. The molecule has 7 nitrogen and oxygen atoms in total. The van der Waals surface area contributed by atoms with Gasteiger partial charge < -0.3 is 4.90 Å². The van der Waals surface area contributed by atoms with Gasteiger partial charge in [0.1, 0.15) is 5.69 Å². The second-order valence-corrected chi connectivity index (χ2v) is 6.80. The Kier molecular flexibility index (Phi) is 4.91. The van der Waals surface area contributed by atoms with Crippen molar-refractivity contribution in [3.8, 4) is 0 Å². The van der Waals surface area contributed by atoms with Crippen molar-refractivity contribution in [1.29, 1.82) is 0 Å². The summed E-state index contributed by atoms with van der Waals surface area (Å²) in [5.74, 6) is 0.573. The number of aromatic nitrogens is 2. The van der Waals surface area contributed by atoms with Crippen LogP contribution >= 0.6 is 0 Å². The van der Waals surface area contributed by atoms with E-state index in [9.17, 15) is 9.59 Å². The normalized spacial score (nSPS) is 20.1. The van der Waals surface area contributed by atoms with Gasteiger partial charge >= 0.3 is 0 Å². The van der Waals surface area contributed by atoms with Crippen LogP contribution in [0.15, 0.2) is 47.7 Å². The van der Waals surface area contributed by atoms with Gasteiger partial charge in [-0.1, -0.05) is 30.3 Å². The first-order valence-corrected chi connectivity index (χ1v) is 9.20. The smallest absolute Gasteiger partial charge is 0.246 e. The first-order chi connectivity index (χ1) is 13.3. The zero-order chi connectivity index (χ0) is 18.6. The summed E-state index contributed by atoms with van der Waals surface area (Å²) in [4.78, 5) is 34.5. The predicted octanol–water partition coefficient (Wildman–Crippen LogP) is 2.46. The lowest BCUT2D eigenvalue weighted by molar-refractivity contribution is -0.138. The number of hydrogen-bond acceptors (Lipinski definition) is 6. The van der Waals surface area contributed by atoms with E-state index in [4.69, 9.17) is 0 Å². The second kappa shape index (κ2) is 7.65. The lowest BCUT2D eigenvalue weighted by Crippen LogP contribution is -2.41. The number of carbonyl (C=O) groups is 2. The lowest BCUT2D eigenvalue weighted by Gasteiger charge is -2.33. The summed E-state index contributed by atoms with van der Waals surface area (Å²) in [6, 6.07) is 11.6. The summed E-state index contributed by atoms with van der Waals surface area (Å²) in [6.45, 7) is 1.37. The molecular weight excluding hydrogens is 342 g/mol. The largest absolute Gasteiger partial charge is 0.341 e. The molecule has 0 bridgehead atoms. The third kappa shape index (κ3) is 3.58. The molecule has 4 rings (SSSR count). The highest BCUT2D eigenvalue weighted by Crippen LogP contribution is 2.32. The fraction of sp³-hybridized carbons (Fsp3) is 0.350. The van der Waals surface area contributed by atoms with Crippen molar-refractivity contribution in [1.82, 2.24) is 15.0 Å². The van der Waals surface area contributed by atoms with Crippen LogP contribution in [0.1, 0.15) is 41.4 Å². The fourth-order valence-corrected chi connectivity index (χ4v) is 3.67. The third-order valence-corrected chi connectivity index (χ3v) is 5.15. The lowest BCUT2D eigenvalue weighted by atomic mass is 9.94. The van der Waals surface area contributed by atoms with Crippen LogP contribution in [-0.4, -0.2) is 46.5 Å². The molecule has 0 saturated carbocycles. The maximum absolute atomic E-state index is 13.0. The van der Waals surface area contributed by atoms with Crippen molar-refractivity contribution in [3.05, 3.63) is 53.9 Å². The maximum Gasteiger partial charge on any atom is 0.246 e. The van der Waals surface area contributed by atoms with Crippen molar-refractivity contribution in [2.75, 3.05) is 18.0 Å². The molecule has 138 valence electrons. The monoisotopic (exact) mass is 363 g/mol. The zero-order valence-electron chi connectivity index (χ0n) is 14.9. The highest BCUT2D eigenvalue weighted by atomic mass is 16.2. The van der Waals surface area contributed by atoms with Gasteiger partial charge in [0.15, 0.2) is 6.29 Å². The topological polar surface area (TPSA) is 78.8 Å². The Bertz CT molecular complexity index is 846. The van der Waals surface area contributed by atoms with E-state index in [1.165, 1.54) is 0 Å². The Morgan fingerprint density at radius 3 is 2.63 bits per heavy atom. The molecule has 0 N–H and O–H groups in total. The minimum atomic E-state index is -0.0584. The molecule has 2 aliphatic rings. The molecule has 0 aliphatic carbocycles. The first-order valence-electron chi connectivity index (χ1n) is 9.20. The Morgan fingerprint density at radius 1 is 1.11 bits per heavy atom. The summed E-state index contributed by atoms with van der Waals surface area (Å²) in [6.07, 6.45) is 6.33. The first kappa shape index (κ1) is 17.3. The van der Waals surface area contributed by atoms with Gasteiger partial charge in [-0.2, -0.15) is 5.10 Å². The summed E-state index contributed by atoms with van der Waals surface area (Å²) in [5, 5.41) is 6.00. The highest BCUT2D eigenvalue weighted by Gasteiger charge is 2.35. The molecule has 0 spiro atoms. The summed E-state index contributed by atoms with van der Waals surface area (Å²) >= 11 is 0. The molecule has 1 aromatic heterocycles. The van der Waals surface area contributed by atoms with Gasteiger partial charge in [-0.15, -0.1) is 0 Å². The molecule has 1 atom stereocenters. The van der Waals surface area contributed by atoms with Crippen LogP contribution in [0, 0.1) is 5.92 Å². The number of hydrazone groups is 1. The van der Waals surface area contributed by atoms with E-state index >= 15 is 0 Å². The number of anilines is 1. The van der Waals surface area contributed by atoms with Gasteiger partial charge in [-0.25, -0.2) is 15.0 Å². The van der Waals surface area contributed by atoms with Crippen LogP contribution in [-0.2, 0) is 4.79 Å².